The van der Waals surface area contributed by atoms with Gasteiger partial charge in [-0.2, -0.15) is 0 Å². The highest BCUT2D eigenvalue weighted by Crippen LogP contribution is 2.13. The third kappa shape index (κ3) is 1.84. The lowest BCUT2D eigenvalue weighted by Gasteiger charge is -1.90. The minimum Gasteiger partial charge on any atom is -0.386 e. The monoisotopic (exact) mass is 194 g/mol. The molecule has 0 atom stereocenters. The van der Waals surface area contributed by atoms with E-state index in [0.717, 1.165) is 22.6 Å². The Morgan fingerprint density at radius 3 is 3.00 bits per heavy atom. The van der Waals surface area contributed by atoms with Crippen LogP contribution in [0.15, 0.2) is 24.3 Å². The quantitative estimate of drug-likeness (QED) is 0.732. The first-order valence-corrected chi connectivity index (χ1v) is 5.18. The number of thioether (sulfide) groups is 1. The van der Waals surface area contributed by atoms with Crippen molar-refractivity contribution < 1.29 is 5.11 Å². The van der Waals surface area contributed by atoms with Gasteiger partial charge in [0.05, 0.1) is 22.7 Å². The van der Waals surface area contributed by atoms with E-state index in [-0.39, 0.29) is 5.94 Å². The molecule has 0 radical (unpaired) electrons. The Hall–Kier alpha value is -1.00. The van der Waals surface area contributed by atoms with Crippen LogP contribution >= 0.6 is 11.8 Å². The van der Waals surface area contributed by atoms with Crippen molar-refractivity contribution in [3.05, 3.63) is 30.1 Å². The summed E-state index contributed by atoms with van der Waals surface area (Å²) in [6, 6.07) is 7.91. The third-order valence-corrected chi connectivity index (χ3v) is 2.43. The van der Waals surface area contributed by atoms with E-state index in [1.807, 2.05) is 24.3 Å². The van der Waals surface area contributed by atoms with Gasteiger partial charge in [-0.15, -0.1) is 11.8 Å². The van der Waals surface area contributed by atoms with Gasteiger partial charge in [0.15, 0.2) is 0 Å². The number of aliphatic hydroxyl groups excluding tert-OH is 1. The summed E-state index contributed by atoms with van der Waals surface area (Å²) in [6.45, 7) is 0. The lowest BCUT2D eigenvalue weighted by Crippen LogP contribution is -1.83. The molecule has 4 heteroatoms. The van der Waals surface area contributed by atoms with Gasteiger partial charge < -0.3 is 10.1 Å². The van der Waals surface area contributed by atoms with Crippen LogP contribution in [-0.2, 0) is 5.75 Å². The normalized spacial score (nSPS) is 10.8. The Morgan fingerprint density at radius 2 is 2.23 bits per heavy atom. The van der Waals surface area contributed by atoms with Crippen LogP contribution in [0.5, 0.6) is 0 Å². The average Bonchev–Trinajstić information content (AvgIpc) is 2.57. The number of fused-ring (bicyclic) bond motifs is 1. The lowest BCUT2D eigenvalue weighted by molar-refractivity contribution is 0.375. The maximum Gasteiger partial charge on any atom is 0.117 e. The first-order chi connectivity index (χ1) is 6.40. The Bertz CT molecular complexity index is 366. The summed E-state index contributed by atoms with van der Waals surface area (Å²) in [5.41, 5.74) is 2.03. The Balaban J connectivity index is 2.28. The van der Waals surface area contributed by atoms with Gasteiger partial charge in [-0.3, -0.25) is 0 Å². The van der Waals surface area contributed by atoms with Gasteiger partial charge in [-0.25, -0.2) is 4.98 Å². The predicted octanol–water partition coefficient (Wildman–Crippen LogP) is 1.75. The second-order valence-corrected chi connectivity index (χ2v) is 3.63. The van der Waals surface area contributed by atoms with Crippen LogP contribution in [0.2, 0.25) is 0 Å². The van der Waals surface area contributed by atoms with Crippen LogP contribution in [0.1, 0.15) is 5.82 Å². The molecule has 0 saturated carbocycles. The highest BCUT2D eigenvalue weighted by molar-refractivity contribution is 7.98. The third-order valence-electron chi connectivity index (χ3n) is 1.77. The summed E-state index contributed by atoms with van der Waals surface area (Å²) in [6.07, 6.45) is 0. The van der Waals surface area contributed by atoms with Crippen LogP contribution in [0.4, 0.5) is 0 Å². The summed E-state index contributed by atoms with van der Waals surface area (Å²) >= 11 is 1.44. The topological polar surface area (TPSA) is 48.9 Å². The number of hydrogen-bond acceptors (Lipinski definition) is 3. The van der Waals surface area contributed by atoms with Crippen molar-refractivity contribution in [2.45, 2.75) is 5.75 Å². The molecular formula is C9H10N2OS. The number of aromatic amines is 1. The SMILES string of the molecule is OCSCc1nc2ccccc2[nH]1. The van der Waals surface area contributed by atoms with Gasteiger partial charge >= 0.3 is 0 Å². The van der Waals surface area contributed by atoms with Gasteiger partial charge in [0.25, 0.3) is 0 Å². The van der Waals surface area contributed by atoms with E-state index in [1.165, 1.54) is 11.8 Å². The van der Waals surface area contributed by atoms with Crippen molar-refractivity contribution in [3.63, 3.8) is 0 Å². The van der Waals surface area contributed by atoms with Gasteiger partial charge in [0.1, 0.15) is 5.82 Å². The molecule has 0 aliphatic heterocycles. The lowest BCUT2D eigenvalue weighted by atomic mass is 10.3. The van der Waals surface area contributed by atoms with E-state index in [0.29, 0.717) is 0 Å². The van der Waals surface area contributed by atoms with Crippen LogP contribution in [-0.4, -0.2) is 21.0 Å². The molecule has 0 spiro atoms. The van der Waals surface area contributed by atoms with Gasteiger partial charge in [0.2, 0.25) is 0 Å². The number of aliphatic hydroxyl groups is 1. The van der Waals surface area contributed by atoms with Crippen molar-refractivity contribution in [1.82, 2.24) is 9.97 Å². The molecular weight excluding hydrogens is 184 g/mol. The fourth-order valence-electron chi connectivity index (χ4n) is 1.22. The van der Waals surface area contributed by atoms with Crippen molar-refractivity contribution in [2.24, 2.45) is 0 Å². The zero-order valence-electron chi connectivity index (χ0n) is 7.03. The smallest absolute Gasteiger partial charge is 0.117 e. The summed E-state index contributed by atoms with van der Waals surface area (Å²) in [5.74, 6) is 1.78. The van der Waals surface area contributed by atoms with Crippen LogP contribution in [0.25, 0.3) is 11.0 Å². The predicted molar refractivity (Wildman–Crippen MR) is 54.5 cm³/mol. The molecule has 0 fully saturated rings. The zero-order valence-corrected chi connectivity index (χ0v) is 7.84. The number of H-pyrrole nitrogens is 1. The molecule has 68 valence electrons. The first-order valence-electron chi connectivity index (χ1n) is 4.02. The molecule has 1 heterocycles. The fourth-order valence-corrected chi connectivity index (χ4v) is 1.64. The molecule has 0 bridgehead atoms. The average molecular weight is 194 g/mol. The number of nitrogens with one attached hydrogen (secondary N) is 1. The molecule has 0 saturated heterocycles. The maximum atomic E-state index is 8.62. The summed E-state index contributed by atoms with van der Waals surface area (Å²) < 4.78 is 0. The molecule has 1 aromatic carbocycles. The highest BCUT2D eigenvalue weighted by atomic mass is 32.2. The van der Waals surface area contributed by atoms with Crippen molar-refractivity contribution in [3.8, 4) is 0 Å². The van der Waals surface area contributed by atoms with E-state index in [1.54, 1.807) is 0 Å². The van der Waals surface area contributed by atoms with E-state index in [9.17, 15) is 0 Å². The highest BCUT2D eigenvalue weighted by Gasteiger charge is 2.00. The number of para-hydroxylation sites is 2. The van der Waals surface area contributed by atoms with Crippen LogP contribution in [0.3, 0.4) is 0 Å². The summed E-state index contributed by atoms with van der Waals surface area (Å²) in [4.78, 5) is 7.55. The number of aromatic nitrogens is 2. The molecule has 3 nitrogen and oxygen atoms in total. The van der Waals surface area contributed by atoms with Gasteiger partial charge in [-0.05, 0) is 12.1 Å². The van der Waals surface area contributed by atoms with E-state index in [4.69, 9.17) is 5.11 Å². The number of benzene rings is 1. The van der Waals surface area contributed by atoms with E-state index >= 15 is 0 Å². The molecule has 0 unspecified atom stereocenters. The van der Waals surface area contributed by atoms with Crippen molar-refractivity contribution in [1.29, 1.82) is 0 Å². The minimum absolute atomic E-state index is 0.136. The number of imidazole rings is 1. The molecule has 0 amide bonds. The fraction of sp³-hybridized carbons (Fsp3) is 0.222. The van der Waals surface area contributed by atoms with Crippen molar-refractivity contribution in [2.75, 3.05) is 5.94 Å². The van der Waals surface area contributed by atoms with Crippen LogP contribution < -0.4 is 0 Å². The first kappa shape index (κ1) is 8.59. The van der Waals surface area contributed by atoms with E-state index < -0.39 is 0 Å². The molecule has 0 aliphatic carbocycles. The molecule has 13 heavy (non-hydrogen) atoms. The minimum atomic E-state index is 0.136. The standard InChI is InChI=1S/C9H10N2OS/c12-6-13-5-9-10-7-3-1-2-4-8(7)11-9/h1-4,12H,5-6H2,(H,10,11). The number of rotatable bonds is 3. The maximum absolute atomic E-state index is 8.62. The Kier molecular flexibility index (Phi) is 2.52. The second kappa shape index (κ2) is 3.81. The van der Waals surface area contributed by atoms with E-state index in [2.05, 4.69) is 9.97 Å². The number of nitrogens with zero attached hydrogens (tertiary/aromatic N) is 1. The summed E-state index contributed by atoms with van der Waals surface area (Å²) in [7, 11) is 0. The Morgan fingerprint density at radius 1 is 1.38 bits per heavy atom. The Labute approximate surface area is 80.2 Å². The van der Waals surface area contributed by atoms with Gasteiger partial charge in [-0.1, -0.05) is 12.1 Å². The molecule has 2 aromatic rings. The van der Waals surface area contributed by atoms with Gasteiger partial charge in [0, 0.05) is 0 Å². The molecule has 1 aromatic heterocycles. The number of hydrogen-bond donors (Lipinski definition) is 2. The molecule has 2 N–H and O–H groups in total. The molecule has 0 aliphatic rings. The largest absolute Gasteiger partial charge is 0.386 e. The zero-order chi connectivity index (χ0) is 9.10. The summed E-state index contributed by atoms with van der Waals surface area (Å²) in [5, 5.41) is 8.62. The van der Waals surface area contributed by atoms with Crippen LogP contribution in [0, 0.1) is 0 Å². The van der Waals surface area contributed by atoms with Crippen molar-refractivity contribution >= 4 is 22.8 Å². The molecule has 2 rings (SSSR count). The second-order valence-electron chi connectivity index (χ2n) is 2.68.